The average Bonchev–Trinajstić information content (AvgIpc) is 2.74. The Labute approximate surface area is 223 Å². The summed E-state index contributed by atoms with van der Waals surface area (Å²) in [5.41, 5.74) is 8.06. The molecule has 0 bridgehead atoms. The van der Waals surface area contributed by atoms with Crippen LogP contribution in [0.3, 0.4) is 0 Å². The van der Waals surface area contributed by atoms with Crippen molar-refractivity contribution in [3.63, 3.8) is 0 Å². The second kappa shape index (κ2) is 12.3. The number of hydrogen-bond donors (Lipinski definition) is 8. The molecule has 4 atom stereocenters. The largest absolute Gasteiger partial charge is 0.465 e. The maximum Gasteiger partial charge on any atom is 0.340 e. The fourth-order valence-electron chi connectivity index (χ4n) is 2.65. The van der Waals surface area contributed by atoms with Crippen LogP contribution in [0.4, 0.5) is 5.69 Å². The number of primary amides is 1. The molecule has 0 aliphatic carbocycles. The van der Waals surface area contributed by atoms with Gasteiger partial charge < -0.3 is 47.1 Å². The third-order valence-corrected chi connectivity index (χ3v) is 7.70. The number of nitrogens with two attached hydrogens (primary N) is 2. The number of anilines is 1. The van der Waals surface area contributed by atoms with E-state index < -0.39 is 61.3 Å². The monoisotopic (exact) mass is 793 g/mol. The van der Waals surface area contributed by atoms with E-state index in [-0.39, 0.29) is 27.5 Å². The van der Waals surface area contributed by atoms with Crippen LogP contribution in [0.2, 0.25) is 0 Å². The Kier molecular flexibility index (Phi) is 11.4. The van der Waals surface area contributed by atoms with Crippen molar-refractivity contribution in [2.75, 3.05) is 25.6 Å². The third kappa shape index (κ3) is 6.37. The number of rotatable bonds is 10. The maximum atomic E-state index is 12.7. The van der Waals surface area contributed by atoms with Crippen molar-refractivity contribution in [3.05, 3.63) is 21.8 Å². The summed E-state index contributed by atoms with van der Waals surface area (Å²) >= 11 is 5.27. The van der Waals surface area contributed by atoms with E-state index in [0.29, 0.717) is 0 Å². The lowest BCUT2D eigenvalue weighted by atomic mass is 9.87. The molecule has 1 aromatic rings. The molecule has 180 valence electrons. The standard InChI is InChI=1S/C17H22I3N3O9/c1-32-16(30)8-9(18)7(15(22)29)10(19)12(11(8)20)23-6(26)2-17(31,4-24)14(28)13(27)5(25)3-21/h5,13-14,24-25,27-28,31H,2-4,21H2,1H3,(H2,22,29)(H,23,26)/t5-,13+,14-,17-/m0/s1. The first-order valence-electron chi connectivity index (χ1n) is 8.73. The van der Waals surface area contributed by atoms with Crippen LogP contribution in [-0.4, -0.2) is 87.5 Å². The lowest BCUT2D eigenvalue weighted by Crippen LogP contribution is -2.57. The summed E-state index contributed by atoms with van der Waals surface area (Å²) in [4.78, 5) is 36.9. The van der Waals surface area contributed by atoms with Crippen LogP contribution in [-0.2, 0) is 9.53 Å². The number of carbonyl (C=O) groups is 3. The highest BCUT2D eigenvalue weighted by molar-refractivity contribution is 14.1. The maximum absolute atomic E-state index is 12.7. The van der Waals surface area contributed by atoms with E-state index in [1.54, 1.807) is 67.8 Å². The zero-order chi connectivity index (χ0) is 25.0. The fourth-order valence-corrected chi connectivity index (χ4v) is 7.06. The van der Waals surface area contributed by atoms with Gasteiger partial charge in [-0.05, 0) is 67.8 Å². The summed E-state index contributed by atoms with van der Waals surface area (Å²) in [5, 5.41) is 52.2. The van der Waals surface area contributed by atoms with Gasteiger partial charge in [-0.2, -0.15) is 0 Å². The SMILES string of the molecule is COC(=O)c1c(I)c(NC(=O)C[C@](O)(CO)[C@@H](O)[C@H](O)[C@@H](O)CN)c(I)c(C(N)=O)c1I. The van der Waals surface area contributed by atoms with Crippen molar-refractivity contribution in [1.82, 2.24) is 0 Å². The van der Waals surface area contributed by atoms with Gasteiger partial charge in [-0.25, -0.2) is 4.79 Å². The van der Waals surface area contributed by atoms with E-state index in [1.807, 2.05) is 0 Å². The van der Waals surface area contributed by atoms with Crippen LogP contribution in [0.1, 0.15) is 27.1 Å². The van der Waals surface area contributed by atoms with E-state index in [0.717, 1.165) is 7.11 Å². The molecule has 0 unspecified atom stereocenters. The van der Waals surface area contributed by atoms with Crippen LogP contribution < -0.4 is 16.8 Å². The summed E-state index contributed by atoms with van der Waals surface area (Å²) in [7, 11) is 1.14. The molecule has 0 aliphatic heterocycles. The Balaban J connectivity index is 3.39. The molecule has 0 fully saturated rings. The summed E-state index contributed by atoms with van der Waals surface area (Å²) in [6, 6.07) is 0. The van der Waals surface area contributed by atoms with Crippen LogP contribution in [0.25, 0.3) is 0 Å². The molecule has 32 heavy (non-hydrogen) atoms. The van der Waals surface area contributed by atoms with Gasteiger partial charge in [0.25, 0.3) is 5.91 Å². The zero-order valence-corrected chi connectivity index (χ0v) is 23.0. The molecule has 2 amide bonds. The second-order valence-corrected chi connectivity index (χ2v) is 9.88. The lowest BCUT2D eigenvalue weighted by molar-refractivity contribution is -0.172. The average molecular weight is 793 g/mol. The number of benzene rings is 1. The van der Waals surface area contributed by atoms with Crippen molar-refractivity contribution in [2.24, 2.45) is 11.5 Å². The molecule has 0 radical (unpaired) electrons. The molecule has 0 aromatic heterocycles. The predicted octanol–water partition coefficient (Wildman–Crippen LogP) is -1.52. The van der Waals surface area contributed by atoms with E-state index in [4.69, 9.17) is 16.2 Å². The van der Waals surface area contributed by atoms with Crippen molar-refractivity contribution in [1.29, 1.82) is 0 Å². The molecule has 0 aliphatic rings. The third-order valence-electron chi connectivity index (χ3n) is 4.47. The molecule has 0 heterocycles. The Hall–Kier alpha value is -0.420. The van der Waals surface area contributed by atoms with Crippen molar-refractivity contribution in [3.8, 4) is 0 Å². The Bertz CT molecular complexity index is 902. The van der Waals surface area contributed by atoms with Gasteiger partial charge in [0.15, 0.2) is 0 Å². The number of methoxy groups -OCH3 is 1. The molecular formula is C17H22I3N3O9. The van der Waals surface area contributed by atoms with Crippen molar-refractivity contribution in [2.45, 2.75) is 30.3 Å². The molecule has 0 spiro atoms. The number of amides is 2. The van der Waals surface area contributed by atoms with Crippen LogP contribution in [0.5, 0.6) is 0 Å². The molecule has 12 nitrogen and oxygen atoms in total. The number of hydrogen-bond acceptors (Lipinski definition) is 10. The number of esters is 1. The first-order chi connectivity index (χ1) is 14.8. The number of ether oxygens (including phenoxy) is 1. The quantitative estimate of drug-likeness (QED) is 0.101. The van der Waals surface area contributed by atoms with Crippen LogP contribution in [0, 0.1) is 10.7 Å². The molecule has 10 N–H and O–H groups in total. The molecule has 1 aromatic carbocycles. The van der Waals surface area contributed by atoms with Gasteiger partial charge >= 0.3 is 5.97 Å². The molecule has 15 heteroatoms. The summed E-state index contributed by atoms with van der Waals surface area (Å²) in [5.74, 6) is -2.59. The first kappa shape index (κ1) is 29.6. The molecule has 1 rings (SSSR count). The first-order valence-corrected chi connectivity index (χ1v) is 12.0. The van der Waals surface area contributed by atoms with E-state index in [9.17, 15) is 39.9 Å². The Morgan fingerprint density at radius 3 is 2.06 bits per heavy atom. The van der Waals surface area contributed by atoms with E-state index in [1.165, 1.54) is 0 Å². The lowest BCUT2D eigenvalue weighted by Gasteiger charge is -2.35. The molecule has 0 saturated heterocycles. The van der Waals surface area contributed by atoms with Crippen LogP contribution in [0.15, 0.2) is 0 Å². The highest BCUT2D eigenvalue weighted by Gasteiger charge is 2.43. The topological polar surface area (TPSA) is 226 Å². The summed E-state index contributed by atoms with van der Waals surface area (Å²) in [6.07, 6.45) is -6.62. The Morgan fingerprint density at radius 2 is 1.62 bits per heavy atom. The van der Waals surface area contributed by atoms with Crippen molar-refractivity contribution < 1.29 is 44.7 Å². The van der Waals surface area contributed by atoms with Gasteiger partial charge in [-0.1, -0.05) is 0 Å². The highest BCUT2D eigenvalue weighted by atomic mass is 127. The van der Waals surface area contributed by atoms with E-state index in [2.05, 4.69) is 5.32 Å². The van der Waals surface area contributed by atoms with Gasteiger partial charge in [0.05, 0.1) is 50.2 Å². The minimum atomic E-state index is -2.54. The minimum absolute atomic E-state index is 0.0165. The molecular weight excluding hydrogens is 771 g/mol. The smallest absolute Gasteiger partial charge is 0.340 e. The Morgan fingerprint density at radius 1 is 1.09 bits per heavy atom. The van der Waals surface area contributed by atoms with Gasteiger partial charge in [-0.15, -0.1) is 0 Å². The summed E-state index contributed by atoms with van der Waals surface area (Å²) < 4.78 is 5.38. The highest BCUT2D eigenvalue weighted by Crippen LogP contribution is 2.36. The number of carbonyl (C=O) groups excluding carboxylic acids is 3. The summed E-state index contributed by atoms with van der Waals surface area (Å²) in [6.45, 7) is -1.59. The van der Waals surface area contributed by atoms with E-state index >= 15 is 0 Å². The van der Waals surface area contributed by atoms with Crippen LogP contribution >= 0.6 is 67.8 Å². The number of nitrogens with one attached hydrogen (secondary N) is 1. The number of aliphatic hydroxyl groups excluding tert-OH is 4. The zero-order valence-electron chi connectivity index (χ0n) is 16.5. The second-order valence-electron chi connectivity index (χ2n) is 6.65. The van der Waals surface area contributed by atoms with Crippen molar-refractivity contribution >= 4 is 91.2 Å². The van der Waals surface area contributed by atoms with Gasteiger partial charge in [0.1, 0.15) is 17.8 Å². The fraction of sp³-hybridized carbons (Fsp3) is 0.471. The number of aliphatic hydroxyl groups is 5. The normalized spacial score (nSPS) is 15.9. The number of halogens is 3. The molecule has 0 saturated carbocycles. The van der Waals surface area contributed by atoms with Gasteiger partial charge in [-0.3, -0.25) is 9.59 Å². The predicted molar refractivity (Wildman–Crippen MR) is 137 cm³/mol. The minimum Gasteiger partial charge on any atom is -0.465 e. The van der Waals surface area contributed by atoms with Gasteiger partial charge in [0, 0.05) is 10.1 Å². The van der Waals surface area contributed by atoms with Gasteiger partial charge in [0.2, 0.25) is 5.91 Å².